The van der Waals surface area contributed by atoms with Gasteiger partial charge in [-0.3, -0.25) is 0 Å². The molecule has 0 aliphatic carbocycles. The van der Waals surface area contributed by atoms with Gasteiger partial charge in [-0.05, 0) is 37.5 Å². The van der Waals surface area contributed by atoms with E-state index in [0.29, 0.717) is 11.7 Å². The van der Waals surface area contributed by atoms with Crippen molar-refractivity contribution in [3.8, 4) is 0 Å². The number of rotatable bonds is 6. The van der Waals surface area contributed by atoms with Crippen molar-refractivity contribution in [3.63, 3.8) is 0 Å². The fourth-order valence-corrected chi connectivity index (χ4v) is 1.83. The molecule has 0 bridgehead atoms. The second kappa shape index (κ2) is 6.34. The number of hydrogen-bond donors (Lipinski definition) is 2. The summed E-state index contributed by atoms with van der Waals surface area (Å²) in [5, 5.41) is 14.0. The topological polar surface area (TPSA) is 45.1 Å². The van der Waals surface area contributed by atoms with Gasteiger partial charge in [0.25, 0.3) is 0 Å². The highest BCUT2D eigenvalue weighted by atomic mass is 35.5. The Hall–Kier alpha value is -0.640. The van der Waals surface area contributed by atoms with Gasteiger partial charge in [-0.1, -0.05) is 25.4 Å². The van der Waals surface area contributed by atoms with Crippen molar-refractivity contribution in [2.45, 2.75) is 45.3 Å². The zero-order valence-corrected chi connectivity index (χ0v) is 11.5. The molecule has 1 atom stereocenters. The average molecular weight is 257 g/mol. The van der Waals surface area contributed by atoms with Crippen molar-refractivity contribution < 1.29 is 5.11 Å². The van der Waals surface area contributed by atoms with Crippen LogP contribution in [0.3, 0.4) is 0 Å². The Kier molecular flexibility index (Phi) is 5.37. The van der Waals surface area contributed by atoms with Crippen molar-refractivity contribution in [1.82, 2.24) is 10.3 Å². The molecular weight excluding hydrogens is 236 g/mol. The van der Waals surface area contributed by atoms with Gasteiger partial charge in [0.2, 0.25) is 0 Å². The molecule has 0 saturated heterocycles. The van der Waals surface area contributed by atoms with Crippen molar-refractivity contribution in [2.24, 2.45) is 0 Å². The number of nitrogens with one attached hydrogen (secondary N) is 1. The van der Waals surface area contributed by atoms with Crippen molar-refractivity contribution in [1.29, 1.82) is 0 Å². The molecule has 0 radical (unpaired) electrons. The van der Waals surface area contributed by atoms with E-state index < -0.39 is 5.60 Å². The summed E-state index contributed by atoms with van der Waals surface area (Å²) in [6.07, 6.45) is 3.20. The second-order valence-corrected chi connectivity index (χ2v) is 4.83. The zero-order chi connectivity index (χ0) is 12.9. The van der Waals surface area contributed by atoms with Gasteiger partial charge in [0.15, 0.2) is 0 Å². The van der Waals surface area contributed by atoms with Crippen LogP contribution in [0.25, 0.3) is 0 Å². The fraction of sp³-hybridized carbons (Fsp3) is 0.615. The third kappa shape index (κ3) is 4.26. The number of aromatic nitrogens is 1. The van der Waals surface area contributed by atoms with E-state index in [-0.39, 0.29) is 6.04 Å². The van der Waals surface area contributed by atoms with E-state index in [2.05, 4.69) is 17.2 Å². The average Bonchev–Trinajstić information content (AvgIpc) is 2.35. The number of halogens is 1. The van der Waals surface area contributed by atoms with Gasteiger partial charge >= 0.3 is 0 Å². The molecule has 0 spiro atoms. The van der Waals surface area contributed by atoms with Crippen LogP contribution in [0.4, 0.5) is 0 Å². The standard InChI is InChI=1S/C13H21ClN2O/c1-4-13(17,5-2)9-16-10(3)11-6-7-15-12(14)8-11/h6-8,10,16-17H,4-5,9H2,1-3H3. The first kappa shape index (κ1) is 14.4. The van der Waals surface area contributed by atoms with E-state index in [1.165, 1.54) is 0 Å². The number of hydrogen-bond acceptors (Lipinski definition) is 3. The first-order valence-electron chi connectivity index (χ1n) is 6.08. The maximum Gasteiger partial charge on any atom is 0.129 e. The predicted molar refractivity (Wildman–Crippen MR) is 71.2 cm³/mol. The first-order chi connectivity index (χ1) is 8.00. The van der Waals surface area contributed by atoms with Gasteiger partial charge < -0.3 is 10.4 Å². The fourth-order valence-electron chi connectivity index (χ4n) is 1.65. The molecule has 1 aromatic heterocycles. The SMILES string of the molecule is CCC(O)(CC)CNC(C)c1ccnc(Cl)c1. The summed E-state index contributed by atoms with van der Waals surface area (Å²) in [7, 11) is 0. The lowest BCUT2D eigenvalue weighted by molar-refractivity contribution is 0.0303. The van der Waals surface area contributed by atoms with E-state index in [0.717, 1.165) is 18.4 Å². The lowest BCUT2D eigenvalue weighted by Crippen LogP contribution is -2.40. The maximum atomic E-state index is 10.2. The Bertz CT molecular complexity index is 353. The van der Waals surface area contributed by atoms with Gasteiger partial charge in [-0.2, -0.15) is 0 Å². The Balaban J connectivity index is 2.58. The van der Waals surface area contributed by atoms with Crippen molar-refractivity contribution >= 4 is 11.6 Å². The third-order valence-electron chi connectivity index (χ3n) is 3.30. The van der Waals surface area contributed by atoms with Crippen LogP contribution in [0.15, 0.2) is 18.3 Å². The summed E-state index contributed by atoms with van der Waals surface area (Å²) in [6.45, 7) is 6.64. The number of pyridine rings is 1. The molecule has 0 aromatic carbocycles. The maximum absolute atomic E-state index is 10.2. The highest BCUT2D eigenvalue weighted by Crippen LogP contribution is 2.18. The minimum atomic E-state index is -0.620. The van der Waals surface area contributed by atoms with Crippen LogP contribution in [-0.2, 0) is 0 Å². The van der Waals surface area contributed by atoms with E-state index in [9.17, 15) is 5.11 Å². The molecule has 17 heavy (non-hydrogen) atoms. The number of aliphatic hydroxyl groups is 1. The van der Waals surface area contributed by atoms with Crippen molar-refractivity contribution in [3.05, 3.63) is 29.0 Å². The Labute approximate surface area is 108 Å². The Morgan fingerprint density at radius 2 is 2.12 bits per heavy atom. The molecule has 1 aromatic rings. The summed E-state index contributed by atoms with van der Waals surface area (Å²) < 4.78 is 0. The largest absolute Gasteiger partial charge is 0.389 e. The van der Waals surface area contributed by atoms with Gasteiger partial charge in [0, 0.05) is 18.8 Å². The van der Waals surface area contributed by atoms with E-state index in [1.54, 1.807) is 6.20 Å². The zero-order valence-electron chi connectivity index (χ0n) is 10.7. The Morgan fingerprint density at radius 1 is 1.47 bits per heavy atom. The van der Waals surface area contributed by atoms with Crippen LogP contribution in [0.2, 0.25) is 5.15 Å². The molecule has 0 aliphatic rings. The summed E-state index contributed by atoms with van der Waals surface area (Å²) in [4.78, 5) is 3.95. The molecule has 3 nitrogen and oxygen atoms in total. The molecule has 2 N–H and O–H groups in total. The summed E-state index contributed by atoms with van der Waals surface area (Å²) >= 11 is 5.85. The van der Waals surface area contributed by atoms with Crippen LogP contribution >= 0.6 is 11.6 Å². The quantitative estimate of drug-likeness (QED) is 0.770. The lowest BCUT2D eigenvalue weighted by Gasteiger charge is -2.27. The molecule has 1 unspecified atom stereocenters. The molecule has 1 heterocycles. The highest BCUT2D eigenvalue weighted by molar-refractivity contribution is 6.29. The third-order valence-corrected chi connectivity index (χ3v) is 3.51. The van der Waals surface area contributed by atoms with Gasteiger partial charge in [-0.15, -0.1) is 0 Å². The molecular formula is C13H21ClN2O. The normalized spacial score (nSPS) is 13.7. The summed E-state index contributed by atoms with van der Waals surface area (Å²) in [5.41, 5.74) is 0.463. The monoisotopic (exact) mass is 256 g/mol. The summed E-state index contributed by atoms with van der Waals surface area (Å²) in [6, 6.07) is 3.93. The van der Waals surface area contributed by atoms with Crippen LogP contribution in [0.5, 0.6) is 0 Å². The minimum Gasteiger partial charge on any atom is -0.389 e. The smallest absolute Gasteiger partial charge is 0.129 e. The predicted octanol–water partition coefficient (Wildman–Crippen LogP) is 2.94. The van der Waals surface area contributed by atoms with E-state index >= 15 is 0 Å². The van der Waals surface area contributed by atoms with Crippen LogP contribution in [0, 0.1) is 0 Å². The van der Waals surface area contributed by atoms with Gasteiger partial charge in [0.1, 0.15) is 5.15 Å². The summed E-state index contributed by atoms with van der Waals surface area (Å²) in [5.74, 6) is 0. The molecule has 0 amide bonds. The van der Waals surface area contributed by atoms with Gasteiger partial charge in [0.05, 0.1) is 5.60 Å². The molecule has 4 heteroatoms. The molecule has 1 rings (SSSR count). The van der Waals surface area contributed by atoms with E-state index in [1.807, 2.05) is 26.0 Å². The first-order valence-corrected chi connectivity index (χ1v) is 6.45. The highest BCUT2D eigenvalue weighted by Gasteiger charge is 2.22. The Morgan fingerprint density at radius 3 is 2.65 bits per heavy atom. The van der Waals surface area contributed by atoms with Crippen molar-refractivity contribution in [2.75, 3.05) is 6.54 Å². The van der Waals surface area contributed by atoms with Crippen LogP contribution in [0.1, 0.15) is 45.2 Å². The van der Waals surface area contributed by atoms with E-state index in [4.69, 9.17) is 11.6 Å². The second-order valence-electron chi connectivity index (χ2n) is 4.45. The lowest BCUT2D eigenvalue weighted by atomic mass is 9.97. The molecule has 0 saturated carbocycles. The van der Waals surface area contributed by atoms with Crippen LogP contribution < -0.4 is 5.32 Å². The number of nitrogens with zero attached hydrogens (tertiary/aromatic N) is 1. The molecule has 96 valence electrons. The molecule has 0 aliphatic heterocycles. The van der Waals surface area contributed by atoms with Crippen LogP contribution in [-0.4, -0.2) is 22.2 Å². The van der Waals surface area contributed by atoms with Gasteiger partial charge in [-0.25, -0.2) is 4.98 Å². The minimum absolute atomic E-state index is 0.153. The molecule has 0 fully saturated rings.